The molecule has 0 spiro atoms. The molecule has 6 heteroatoms. The molecule has 148 valence electrons. The predicted molar refractivity (Wildman–Crippen MR) is 124 cm³/mol. The molecule has 5 aromatic rings. The molecule has 3 aromatic carbocycles. The molecule has 30 heavy (non-hydrogen) atoms. The van der Waals surface area contributed by atoms with Gasteiger partial charge in [-0.3, -0.25) is 13.9 Å². The minimum absolute atomic E-state index is 0.304. The zero-order chi connectivity index (χ0) is 21.0. The molecule has 0 radical (unpaired) electrons. The van der Waals surface area contributed by atoms with Crippen LogP contribution < -0.4 is 11.2 Å². The van der Waals surface area contributed by atoms with Gasteiger partial charge < -0.3 is 4.57 Å². The van der Waals surface area contributed by atoms with Crippen LogP contribution in [0.25, 0.3) is 38.6 Å². The van der Waals surface area contributed by atoms with E-state index in [1.54, 1.807) is 7.05 Å². The van der Waals surface area contributed by atoms with E-state index in [1.807, 2.05) is 59.3 Å². The zero-order valence-corrected chi connectivity index (χ0v) is 18.1. The lowest BCUT2D eigenvalue weighted by Crippen LogP contribution is -2.36. The van der Waals surface area contributed by atoms with Crippen LogP contribution in [0, 0.1) is 0 Å². The number of benzene rings is 3. The molecule has 5 rings (SSSR count). The Morgan fingerprint density at radius 1 is 0.833 bits per heavy atom. The number of aromatic nitrogens is 3. The van der Waals surface area contributed by atoms with Gasteiger partial charge in [-0.1, -0.05) is 64.5 Å². The summed E-state index contributed by atoms with van der Waals surface area (Å²) in [6.45, 7) is 0. The molecule has 0 atom stereocenters. The quantitative estimate of drug-likeness (QED) is 0.386. The molecule has 0 N–H and O–H groups in total. The minimum atomic E-state index is -0.344. The molecule has 0 saturated heterocycles. The first-order valence-corrected chi connectivity index (χ1v) is 10.3. The largest absolute Gasteiger partial charge is 0.330 e. The summed E-state index contributed by atoms with van der Waals surface area (Å²) in [5.41, 5.74) is 2.56. The highest BCUT2D eigenvalue weighted by atomic mass is 79.9. The third-order valence-corrected chi connectivity index (χ3v) is 6.06. The molecule has 0 bridgehead atoms. The van der Waals surface area contributed by atoms with E-state index in [4.69, 9.17) is 0 Å². The van der Waals surface area contributed by atoms with Crippen molar-refractivity contribution in [3.63, 3.8) is 0 Å². The van der Waals surface area contributed by atoms with Gasteiger partial charge in [0.05, 0.1) is 22.3 Å². The van der Waals surface area contributed by atoms with Gasteiger partial charge in [-0.15, -0.1) is 0 Å². The van der Waals surface area contributed by atoms with Crippen molar-refractivity contribution in [1.29, 1.82) is 0 Å². The molecule has 0 unspecified atom stereocenters. The van der Waals surface area contributed by atoms with E-state index in [2.05, 4.69) is 34.1 Å². The standard InChI is InChI=1S/C24H18BrN3O2/c1-26-20-14-28(19-12-6-8-15-7-3-4-11-18(15)19)22(16-9-5-10-17(25)13-16)21(20)23(29)27(2)24(26)30/h3-14H,1-2H3. The summed E-state index contributed by atoms with van der Waals surface area (Å²) < 4.78 is 5.63. The molecule has 2 heterocycles. The van der Waals surface area contributed by atoms with Crippen LogP contribution in [0.2, 0.25) is 0 Å². The molecule has 0 aliphatic heterocycles. The molecule has 0 amide bonds. The van der Waals surface area contributed by atoms with Gasteiger partial charge in [0, 0.05) is 35.7 Å². The summed E-state index contributed by atoms with van der Waals surface area (Å²) in [7, 11) is 3.21. The Morgan fingerprint density at radius 2 is 1.57 bits per heavy atom. The van der Waals surface area contributed by atoms with Gasteiger partial charge in [-0.05, 0) is 23.6 Å². The maximum Gasteiger partial charge on any atom is 0.330 e. The minimum Gasteiger partial charge on any atom is -0.313 e. The summed E-state index contributed by atoms with van der Waals surface area (Å²) in [4.78, 5) is 25.8. The highest BCUT2D eigenvalue weighted by molar-refractivity contribution is 9.10. The Kier molecular flexibility index (Phi) is 4.25. The van der Waals surface area contributed by atoms with Gasteiger partial charge >= 0.3 is 5.69 Å². The smallest absolute Gasteiger partial charge is 0.313 e. The third-order valence-electron chi connectivity index (χ3n) is 5.56. The van der Waals surface area contributed by atoms with Crippen molar-refractivity contribution in [3.8, 4) is 16.9 Å². The third kappa shape index (κ3) is 2.68. The van der Waals surface area contributed by atoms with Crippen molar-refractivity contribution in [3.05, 3.63) is 98.2 Å². The fourth-order valence-corrected chi connectivity index (χ4v) is 4.47. The first-order chi connectivity index (χ1) is 14.5. The first-order valence-electron chi connectivity index (χ1n) is 9.52. The number of rotatable bonds is 2. The number of aryl methyl sites for hydroxylation is 1. The molecule has 0 fully saturated rings. The average molecular weight is 460 g/mol. The SMILES string of the molecule is Cn1c(=O)c2c(-c3cccc(Br)c3)n(-c3cccc4ccccc34)cc2n(C)c1=O. The fraction of sp³-hybridized carbons (Fsp3) is 0.0833. The molecular weight excluding hydrogens is 442 g/mol. The van der Waals surface area contributed by atoms with Crippen LogP contribution in [0.15, 0.2) is 87.0 Å². The van der Waals surface area contributed by atoms with Crippen LogP contribution in [0.5, 0.6) is 0 Å². The van der Waals surface area contributed by atoms with Crippen molar-refractivity contribution in [2.24, 2.45) is 14.1 Å². The predicted octanol–water partition coefficient (Wildman–Crippen LogP) is 4.61. The van der Waals surface area contributed by atoms with Gasteiger partial charge in [0.15, 0.2) is 0 Å². The summed E-state index contributed by atoms with van der Waals surface area (Å²) in [6, 6.07) is 22.1. The Hall–Kier alpha value is -3.38. The molecular formula is C24H18BrN3O2. The molecule has 0 aliphatic carbocycles. The van der Waals surface area contributed by atoms with Crippen LogP contribution >= 0.6 is 15.9 Å². The number of hydrogen-bond acceptors (Lipinski definition) is 2. The summed E-state index contributed by atoms with van der Waals surface area (Å²) in [5, 5.41) is 2.69. The number of fused-ring (bicyclic) bond motifs is 2. The number of halogens is 1. The van der Waals surface area contributed by atoms with E-state index >= 15 is 0 Å². The highest BCUT2D eigenvalue weighted by Crippen LogP contribution is 2.34. The highest BCUT2D eigenvalue weighted by Gasteiger charge is 2.21. The lowest BCUT2D eigenvalue weighted by atomic mass is 10.1. The molecule has 2 aromatic heterocycles. The fourth-order valence-electron chi connectivity index (χ4n) is 4.07. The topological polar surface area (TPSA) is 48.9 Å². The zero-order valence-electron chi connectivity index (χ0n) is 16.5. The van der Waals surface area contributed by atoms with Crippen molar-refractivity contribution >= 4 is 37.6 Å². The van der Waals surface area contributed by atoms with Gasteiger partial charge in [-0.25, -0.2) is 4.79 Å². The average Bonchev–Trinajstić information content (AvgIpc) is 3.16. The van der Waals surface area contributed by atoms with Gasteiger partial charge in [0.2, 0.25) is 0 Å². The lowest BCUT2D eigenvalue weighted by Gasteiger charge is -2.13. The first kappa shape index (κ1) is 18.6. The Bertz CT molecular complexity index is 1570. The second-order valence-electron chi connectivity index (χ2n) is 7.32. The maximum atomic E-state index is 13.2. The van der Waals surface area contributed by atoms with Gasteiger partial charge in [0.25, 0.3) is 5.56 Å². The number of nitrogens with zero attached hydrogens (tertiary/aromatic N) is 3. The van der Waals surface area contributed by atoms with Crippen LogP contribution in [0.4, 0.5) is 0 Å². The van der Waals surface area contributed by atoms with E-state index in [9.17, 15) is 9.59 Å². The summed E-state index contributed by atoms with van der Waals surface area (Å²) in [5.74, 6) is 0. The summed E-state index contributed by atoms with van der Waals surface area (Å²) in [6.07, 6.45) is 1.89. The lowest BCUT2D eigenvalue weighted by molar-refractivity contribution is 0.714. The van der Waals surface area contributed by atoms with Gasteiger partial charge in [-0.2, -0.15) is 0 Å². The maximum absolute atomic E-state index is 13.2. The Labute approximate surface area is 180 Å². The van der Waals surface area contributed by atoms with Crippen molar-refractivity contribution < 1.29 is 0 Å². The number of hydrogen-bond donors (Lipinski definition) is 0. The molecule has 5 nitrogen and oxygen atoms in total. The van der Waals surface area contributed by atoms with Gasteiger partial charge in [0.1, 0.15) is 0 Å². The normalized spacial score (nSPS) is 11.4. The van der Waals surface area contributed by atoms with Crippen LogP contribution in [0.1, 0.15) is 0 Å². The molecule has 0 aliphatic rings. The van der Waals surface area contributed by atoms with E-state index in [0.29, 0.717) is 10.9 Å². The van der Waals surface area contributed by atoms with E-state index in [1.165, 1.54) is 11.6 Å². The summed E-state index contributed by atoms with van der Waals surface area (Å²) >= 11 is 3.54. The van der Waals surface area contributed by atoms with Crippen LogP contribution in [0.3, 0.4) is 0 Å². The van der Waals surface area contributed by atoms with E-state index < -0.39 is 0 Å². The van der Waals surface area contributed by atoms with Crippen LogP contribution in [-0.2, 0) is 14.1 Å². The van der Waals surface area contributed by atoms with E-state index in [0.717, 1.165) is 36.8 Å². The van der Waals surface area contributed by atoms with Crippen LogP contribution in [-0.4, -0.2) is 13.7 Å². The van der Waals surface area contributed by atoms with Crippen molar-refractivity contribution in [2.75, 3.05) is 0 Å². The second kappa shape index (κ2) is 6.85. The Morgan fingerprint density at radius 3 is 2.37 bits per heavy atom. The van der Waals surface area contributed by atoms with Crippen molar-refractivity contribution in [1.82, 2.24) is 13.7 Å². The molecule has 0 saturated carbocycles. The monoisotopic (exact) mass is 459 g/mol. The van der Waals surface area contributed by atoms with E-state index in [-0.39, 0.29) is 11.2 Å². The Balaban J connectivity index is 2.02. The van der Waals surface area contributed by atoms with Crippen molar-refractivity contribution in [2.45, 2.75) is 0 Å². The second-order valence-corrected chi connectivity index (χ2v) is 8.24.